The summed E-state index contributed by atoms with van der Waals surface area (Å²) in [5, 5.41) is 6.81. The van der Waals surface area contributed by atoms with Gasteiger partial charge in [-0.2, -0.15) is 5.10 Å². The van der Waals surface area contributed by atoms with Crippen LogP contribution in [0.4, 0.5) is 0 Å². The molecule has 2 aromatic carbocycles. The fourth-order valence-corrected chi connectivity index (χ4v) is 5.30. The Morgan fingerprint density at radius 1 is 1.16 bits per heavy atom. The highest BCUT2D eigenvalue weighted by atomic mass is 16.5. The summed E-state index contributed by atoms with van der Waals surface area (Å²) in [6.07, 6.45) is 6.35. The van der Waals surface area contributed by atoms with E-state index in [0.29, 0.717) is 24.3 Å². The molecule has 3 heterocycles. The summed E-state index contributed by atoms with van der Waals surface area (Å²) in [5.41, 5.74) is 4.33. The van der Waals surface area contributed by atoms with Crippen molar-refractivity contribution in [1.82, 2.24) is 20.0 Å². The first-order valence-corrected chi connectivity index (χ1v) is 12.8. The minimum absolute atomic E-state index is 0.0215. The number of ketones is 1. The van der Waals surface area contributed by atoms with Gasteiger partial charge in [-0.25, -0.2) is 0 Å². The molecule has 37 heavy (non-hydrogen) atoms. The lowest BCUT2D eigenvalue weighted by atomic mass is 9.89. The molecule has 2 aliphatic heterocycles. The second kappa shape index (κ2) is 10.8. The van der Waals surface area contributed by atoms with Gasteiger partial charge in [0.05, 0.1) is 25.8 Å². The van der Waals surface area contributed by atoms with E-state index in [9.17, 15) is 9.59 Å². The number of hydrogen-bond acceptors (Lipinski definition) is 6. The Kier molecular flexibility index (Phi) is 7.28. The Hall–Kier alpha value is -3.65. The van der Waals surface area contributed by atoms with Crippen LogP contribution in [0.1, 0.15) is 34.3 Å². The molecule has 1 amide bonds. The van der Waals surface area contributed by atoms with Crippen LogP contribution in [0.5, 0.6) is 11.5 Å². The van der Waals surface area contributed by atoms with E-state index < -0.39 is 0 Å². The summed E-state index contributed by atoms with van der Waals surface area (Å²) in [4.78, 5) is 30.7. The highest BCUT2D eigenvalue weighted by Gasteiger charge is 2.29. The number of carbonyl (C=O) groups is 2. The van der Waals surface area contributed by atoms with Gasteiger partial charge in [-0.15, -0.1) is 0 Å². The number of nitrogens with zero attached hydrogens (tertiary/aromatic N) is 3. The summed E-state index contributed by atoms with van der Waals surface area (Å²) in [5.74, 6) is 1.27. The number of amides is 1. The van der Waals surface area contributed by atoms with Crippen LogP contribution in [-0.2, 0) is 17.6 Å². The zero-order chi connectivity index (χ0) is 25.9. The Labute approximate surface area is 217 Å². The molecular weight excluding hydrogens is 468 g/mol. The molecule has 1 unspecified atom stereocenters. The quantitative estimate of drug-likeness (QED) is 0.531. The lowest BCUT2D eigenvalue weighted by Crippen LogP contribution is -2.44. The predicted octanol–water partition coefficient (Wildman–Crippen LogP) is 3.61. The van der Waals surface area contributed by atoms with Crippen molar-refractivity contribution in [2.45, 2.75) is 31.7 Å². The molecule has 1 fully saturated rings. The van der Waals surface area contributed by atoms with Gasteiger partial charge in [0.25, 0.3) is 5.91 Å². The average Bonchev–Trinajstić information content (AvgIpc) is 3.47. The van der Waals surface area contributed by atoms with E-state index in [1.807, 2.05) is 54.5 Å². The van der Waals surface area contributed by atoms with E-state index in [0.717, 1.165) is 53.9 Å². The van der Waals surface area contributed by atoms with Crippen LogP contribution < -0.4 is 9.47 Å². The Morgan fingerprint density at radius 2 is 1.97 bits per heavy atom. The topological polar surface area (TPSA) is 87.8 Å². The van der Waals surface area contributed by atoms with Gasteiger partial charge in [-0.1, -0.05) is 12.1 Å². The number of Topliss-reactive ketones (excluding diaryl/α,β-unsaturated/α-hetero) is 1. The first-order valence-electron chi connectivity index (χ1n) is 12.8. The van der Waals surface area contributed by atoms with E-state index in [-0.39, 0.29) is 30.1 Å². The molecule has 0 saturated carbocycles. The molecule has 3 aromatic rings. The third-order valence-electron chi connectivity index (χ3n) is 7.71. The number of fused-ring (bicyclic) bond motifs is 1. The molecule has 0 spiro atoms. The van der Waals surface area contributed by atoms with Crippen LogP contribution in [0.25, 0.3) is 11.1 Å². The number of piperidine rings is 1. The summed E-state index contributed by atoms with van der Waals surface area (Å²) in [6.45, 7) is 2.34. The maximum atomic E-state index is 13.3. The number of rotatable bonds is 7. The monoisotopic (exact) mass is 502 g/mol. The van der Waals surface area contributed by atoms with Gasteiger partial charge in [0.15, 0.2) is 0 Å². The zero-order valence-corrected chi connectivity index (χ0v) is 21.7. The van der Waals surface area contributed by atoms with Crippen LogP contribution >= 0.6 is 0 Å². The van der Waals surface area contributed by atoms with Gasteiger partial charge >= 0.3 is 0 Å². The van der Waals surface area contributed by atoms with Crippen LogP contribution in [0.15, 0.2) is 48.8 Å². The molecular formula is C29H34N4O4. The standard InChI is InChI=1S/C29H34N4O4/c1-32-10-8-25(9-11-32)33(2)29(35)21-6-7-27-22(12-21)13-23(18-37-27)26(34)14-20-5-4-19(15-28(20)36-3)24-16-30-31-17-24/h4-7,12,15-17,23,25H,8-11,13-14,18H2,1-3H3,(H,30,31). The van der Waals surface area contributed by atoms with Crippen molar-refractivity contribution in [1.29, 1.82) is 0 Å². The molecule has 5 rings (SSSR count). The first kappa shape index (κ1) is 25.0. The smallest absolute Gasteiger partial charge is 0.253 e. The minimum atomic E-state index is -0.275. The van der Waals surface area contributed by atoms with Gasteiger partial charge < -0.3 is 19.3 Å². The molecule has 0 radical (unpaired) electrons. The second-order valence-electron chi connectivity index (χ2n) is 10.1. The van der Waals surface area contributed by atoms with Crippen molar-refractivity contribution in [2.24, 2.45) is 5.92 Å². The lowest BCUT2D eigenvalue weighted by Gasteiger charge is -2.35. The molecule has 1 atom stereocenters. The Bertz CT molecular complexity index is 1260. The molecule has 194 valence electrons. The third kappa shape index (κ3) is 5.39. The molecule has 1 saturated heterocycles. The lowest BCUT2D eigenvalue weighted by molar-refractivity contribution is -0.123. The fraction of sp³-hybridized carbons (Fsp3) is 0.414. The number of likely N-dealkylation sites (tertiary alicyclic amines) is 1. The van der Waals surface area contributed by atoms with Gasteiger partial charge in [0, 0.05) is 42.4 Å². The van der Waals surface area contributed by atoms with Gasteiger partial charge in [0.1, 0.15) is 17.3 Å². The van der Waals surface area contributed by atoms with E-state index >= 15 is 0 Å². The van der Waals surface area contributed by atoms with Crippen molar-refractivity contribution in [2.75, 3.05) is 40.9 Å². The molecule has 1 aromatic heterocycles. The van der Waals surface area contributed by atoms with Crippen LogP contribution in [-0.4, -0.2) is 78.6 Å². The highest BCUT2D eigenvalue weighted by molar-refractivity contribution is 5.95. The number of aromatic nitrogens is 2. The summed E-state index contributed by atoms with van der Waals surface area (Å²) in [7, 11) is 5.63. The van der Waals surface area contributed by atoms with Crippen LogP contribution in [0.3, 0.4) is 0 Å². The normalized spacial score (nSPS) is 18.1. The van der Waals surface area contributed by atoms with Crippen molar-refractivity contribution in [3.63, 3.8) is 0 Å². The summed E-state index contributed by atoms with van der Waals surface area (Å²) >= 11 is 0. The average molecular weight is 503 g/mol. The highest BCUT2D eigenvalue weighted by Crippen LogP contribution is 2.32. The van der Waals surface area contributed by atoms with Gasteiger partial charge in [0.2, 0.25) is 0 Å². The number of methoxy groups -OCH3 is 1. The number of carbonyl (C=O) groups excluding carboxylic acids is 2. The fourth-order valence-electron chi connectivity index (χ4n) is 5.30. The van der Waals surface area contributed by atoms with Crippen molar-refractivity contribution in [3.05, 3.63) is 65.5 Å². The number of aromatic amines is 1. The number of nitrogens with one attached hydrogen (secondary N) is 1. The second-order valence-corrected chi connectivity index (χ2v) is 10.1. The van der Waals surface area contributed by atoms with Crippen LogP contribution in [0, 0.1) is 5.92 Å². The zero-order valence-electron chi connectivity index (χ0n) is 21.7. The molecule has 1 N–H and O–H groups in total. The van der Waals surface area contributed by atoms with E-state index in [1.54, 1.807) is 13.3 Å². The summed E-state index contributed by atoms with van der Waals surface area (Å²) < 4.78 is 11.5. The van der Waals surface area contributed by atoms with E-state index in [1.165, 1.54) is 0 Å². The largest absolute Gasteiger partial charge is 0.496 e. The number of benzene rings is 2. The van der Waals surface area contributed by atoms with Crippen molar-refractivity contribution >= 4 is 11.7 Å². The number of ether oxygens (including phenoxy) is 2. The Balaban J connectivity index is 1.26. The van der Waals surface area contributed by atoms with Gasteiger partial charge in [-0.3, -0.25) is 14.7 Å². The molecule has 0 bridgehead atoms. The van der Waals surface area contributed by atoms with Crippen molar-refractivity contribution in [3.8, 4) is 22.6 Å². The van der Waals surface area contributed by atoms with Crippen molar-refractivity contribution < 1.29 is 19.1 Å². The minimum Gasteiger partial charge on any atom is -0.496 e. The van der Waals surface area contributed by atoms with Crippen LogP contribution in [0.2, 0.25) is 0 Å². The Morgan fingerprint density at radius 3 is 2.70 bits per heavy atom. The number of hydrogen-bond donors (Lipinski definition) is 1. The van der Waals surface area contributed by atoms with E-state index in [2.05, 4.69) is 22.1 Å². The maximum absolute atomic E-state index is 13.3. The maximum Gasteiger partial charge on any atom is 0.253 e. The molecule has 8 heteroatoms. The molecule has 0 aliphatic carbocycles. The first-order chi connectivity index (χ1) is 17.9. The van der Waals surface area contributed by atoms with Gasteiger partial charge in [-0.05, 0) is 74.8 Å². The summed E-state index contributed by atoms with van der Waals surface area (Å²) in [6, 6.07) is 11.7. The molecule has 8 nitrogen and oxygen atoms in total. The number of H-pyrrole nitrogens is 1. The SMILES string of the molecule is COc1cc(-c2cn[nH]c2)ccc1CC(=O)C1COc2ccc(C(=O)N(C)C3CCN(C)CC3)cc2C1. The molecule has 2 aliphatic rings. The predicted molar refractivity (Wildman–Crippen MR) is 141 cm³/mol. The third-order valence-corrected chi connectivity index (χ3v) is 7.71. The van der Waals surface area contributed by atoms with E-state index in [4.69, 9.17) is 9.47 Å².